The zero-order valence-electron chi connectivity index (χ0n) is 13.3. The fourth-order valence-corrected chi connectivity index (χ4v) is 3.46. The number of carbonyl (C=O) groups excluding carboxylic acids is 2. The largest absolute Gasteiger partial charge is 0.480 e. The van der Waals surface area contributed by atoms with Gasteiger partial charge in [0.2, 0.25) is 11.8 Å². The van der Waals surface area contributed by atoms with Crippen LogP contribution in [0.2, 0.25) is 0 Å². The first-order chi connectivity index (χ1) is 10.5. The van der Waals surface area contributed by atoms with E-state index >= 15 is 0 Å². The highest BCUT2D eigenvalue weighted by atomic mass is 16.4. The molecule has 0 aromatic carbocycles. The molecule has 0 radical (unpaired) electrons. The number of nitrogens with zero attached hydrogens (tertiary/aromatic N) is 2. The van der Waals surface area contributed by atoms with Gasteiger partial charge < -0.3 is 14.9 Å². The van der Waals surface area contributed by atoms with Gasteiger partial charge in [0.25, 0.3) is 0 Å². The van der Waals surface area contributed by atoms with E-state index in [1.807, 2.05) is 6.92 Å². The van der Waals surface area contributed by atoms with E-state index in [2.05, 4.69) is 0 Å². The van der Waals surface area contributed by atoms with Crippen LogP contribution >= 0.6 is 0 Å². The number of amides is 2. The minimum atomic E-state index is -0.914. The molecule has 2 rings (SSSR count). The summed E-state index contributed by atoms with van der Waals surface area (Å²) in [6.07, 6.45) is 5.14. The fraction of sp³-hybridized carbons (Fsp3) is 0.812. The molecule has 1 N–H and O–H groups in total. The van der Waals surface area contributed by atoms with Gasteiger partial charge in [-0.05, 0) is 38.5 Å². The van der Waals surface area contributed by atoms with E-state index < -0.39 is 12.0 Å². The minimum absolute atomic E-state index is 0.0823. The molecular weight excluding hydrogens is 284 g/mol. The lowest BCUT2D eigenvalue weighted by Crippen LogP contribution is -2.53. The second-order valence-electron chi connectivity index (χ2n) is 6.31. The summed E-state index contributed by atoms with van der Waals surface area (Å²) in [5, 5.41) is 9.31. The highest BCUT2D eigenvalue weighted by molar-refractivity contribution is 5.86. The molecule has 0 aliphatic carbocycles. The molecule has 124 valence electrons. The Bertz CT molecular complexity index is 438. The maximum absolute atomic E-state index is 12.7. The predicted molar refractivity (Wildman–Crippen MR) is 81.2 cm³/mol. The summed E-state index contributed by atoms with van der Waals surface area (Å²) in [6, 6.07) is -0.692. The zero-order chi connectivity index (χ0) is 16.1. The number of carboxylic acid groups (broad SMARTS) is 1. The molecule has 0 aromatic heterocycles. The van der Waals surface area contributed by atoms with Gasteiger partial charge in [-0.15, -0.1) is 0 Å². The van der Waals surface area contributed by atoms with Crippen molar-refractivity contribution in [3.8, 4) is 0 Å². The van der Waals surface area contributed by atoms with Crippen LogP contribution in [0.1, 0.15) is 51.9 Å². The van der Waals surface area contributed by atoms with Crippen LogP contribution in [0, 0.1) is 5.92 Å². The molecule has 2 saturated heterocycles. The molecule has 2 aliphatic heterocycles. The Kier molecular flexibility index (Phi) is 5.80. The first-order valence-corrected chi connectivity index (χ1v) is 8.35. The van der Waals surface area contributed by atoms with Crippen molar-refractivity contribution in [2.75, 3.05) is 19.6 Å². The van der Waals surface area contributed by atoms with Crippen LogP contribution in [-0.4, -0.2) is 58.4 Å². The Morgan fingerprint density at radius 2 is 1.86 bits per heavy atom. The van der Waals surface area contributed by atoms with E-state index in [0.717, 1.165) is 32.1 Å². The molecule has 1 unspecified atom stereocenters. The Balaban J connectivity index is 2.01. The molecule has 2 fully saturated rings. The highest BCUT2D eigenvalue weighted by Crippen LogP contribution is 2.24. The van der Waals surface area contributed by atoms with Gasteiger partial charge in [-0.2, -0.15) is 0 Å². The summed E-state index contributed by atoms with van der Waals surface area (Å²) < 4.78 is 0. The Labute approximate surface area is 131 Å². The first-order valence-electron chi connectivity index (χ1n) is 8.35. The van der Waals surface area contributed by atoms with Crippen LogP contribution in [0.5, 0.6) is 0 Å². The summed E-state index contributed by atoms with van der Waals surface area (Å²) in [4.78, 5) is 39.4. The van der Waals surface area contributed by atoms with Crippen LogP contribution in [0.25, 0.3) is 0 Å². The third-order valence-electron chi connectivity index (χ3n) is 4.66. The third-order valence-corrected chi connectivity index (χ3v) is 4.66. The number of rotatable bonds is 4. The maximum Gasteiger partial charge on any atom is 0.326 e. The van der Waals surface area contributed by atoms with Crippen LogP contribution in [0.15, 0.2) is 0 Å². The minimum Gasteiger partial charge on any atom is -0.480 e. The molecule has 0 aromatic rings. The van der Waals surface area contributed by atoms with Crippen molar-refractivity contribution in [1.82, 2.24) is 9.80 Å². The van der Waals surface area contributed by atoms with Gasteiger partial charge in [0, 0.05) is 26.1 Å². The Morgan fingerprint density at radius 1 is 1.09 bits per heavy atom. The van der Waals surface area contributed by atoms with Gasteiger partial charge in [-0.1, -0.05) is 6.92 Å². The molecule has 2 heterocycles. The van der Waals surface area contributed by atoms with Gasteiger partial charge in [0.05, 0.1) is 5.92 Å². The van der Waals surface area contributed by atoms with Gasteiger partial charge in [-0.3, -0.25) is 9.59 Å². The van der Waals surface area contributed by atoms with E-state index in [9.17, 15) is 19.5 Å². The Morgan fingerprint density at radius 3 is 2.55 bits per heavy atom. The molecule has 0 bridgehead atoms. The SMILES string of the molecule is CCCC(=O)N1CCCC(C(=O)N2CCCC[C@@H]2C(=O)O)C1. The van der Waals surface area contributed by atoms with Crippen LogP contribution in [0.4, 0.5) is 0 Å². The van der Waals surface area contributed by atoms with Crippen molar-refractivity contribution in [3.63, 3.8) is 0 Å². The molecule has 2 aliphatic rings. The zero-order valence-corrected chi connectivity index (χ0v) is 13.3. The third kappa shape index (κ3) is 3.78. The molecule has 0 spiro atoms. The van der Waals surface area contributed by atoms with Gasteiger partial charge in [-0.25, -0.2) is 4.79 Å². The normalized spacial score (nSPS) is 25.9. The van der Waals surface area contributed by atoms with Gasteiger partial charge in [0.15, 0.2) is 0 Å². The maximum atomic E-state index is 12.7. The molecule has 22 heavy (non-hydrogen) atoms. The lowest BCUT2D eigenvalue weighted by Gasteiger charge is -2.38. The highest BCUT2D eigenvalue weighted by Gasteiger charge is 2.37. The number of carboxylic acids is 1. The Hall–Kier alpha value is -1.59. The number of aliphatic carboxylic acids is 1. The van der Waals surface area contributed by atoms with E-state index in [-0.39, 0.29) is 17.7 Å². The smallest absolute Gasteiger partial charge is 0.326 e. The van der Waals surface area contributed by atoms with Crippen LogP contribution in [-0.2, 0) is 14.4 Å². The fourth-order valence-electron chi connectivity index (χ4n) is 3.46. The van der Waals surface area contributed by atoms with Crippen molar-refractivity contribution in [2.45, 2.75) is 57.9 Å². The molecule has 6 nitrogen and oxygen atoms in total. The van der Waals surface area contributed by atoms with E-state index in [0.29, 0.717) is 32.5 Å². The summed E-state index contributed by atoms with van der Waals surface area (Å²) >= 11 is 0. The summed E-state index contributed by atoms with van der Waals surface area (Å²) in [6.45, 7) is 3.65. The van der Waals surface area contributed by atoms with Crippen molar-refractivity contribution in [2.24, 2.45) is 5.92 Å². The van der Waals surface area contributed by atoms with Crippen molar-refractivity contribution >= 4 is 17.8 Å². The lowest BCUT2D eigenvalue weighted by molar-refractivity contribution is -0.155. The standard InChI is InChI=1S/C16H26N2O4/c1-2-6-14(19)17-9-5-7-12(11-17)15(20)18-10-4-3-8-13(18)16(21)22/h12-13H,2-11H2,1H3,(H,21,22)/t12?,13-/m1/s1. The predicted octanol–water partition coefficient (Wildman–Crippen LogP) is 1.49. The van der Waals surface area contributed by atoms with Gasteiger partial charge in [0.1, 0.15) is 6.04 Å². The number of hydrogen-bond donors (Lipinski definition) is 1. The molecule has 2 amide bonds. The topological polar surface area (TPSA) is 77.9 Å². The molecule has 0 saturated carbocycles. The van der Waals surface area contributed by atoms with Crippen molar-refractivity contribution < 1.29 is 19.5 Å². The van der Waals surface area contributed by atoms with Crippen molar-refractivity contribution in [1.29, 1.82) is 0 Å². The van der Waals surface area contributed by atoms with E-state index in [1.165, 1.54) is 4.90 Å². The molecule has 2 atom stereocenters. The van der Waals surface area contributed by atoms with Crippen LogP contribution in [0.3, 0.4) is 0 Å². The summed E-state index contributed by atoms with van der Waals surface area (Å²) in [5.74, 6) is -1.13. The average molecular weight is 310 g/mol. The van der Waals surface area contributed by atoms with Crippen molar-refractivity contribution in [3.05, 3.63) is 0 Å². The number of piperidine rings is 2. The van der Waals surface area contributed by atoms with E-state index in [1.54, 1.807) is 4.90 Å². The van der Waals surface area contributed by atoms with Gasteiger partial charge >= 0.3 is 5.97 Å². The molecular formula is C16H26N2O4. The number of carbonyl (C=O) groups is 3. The summed E-state index contributed by atoms with van der Waals surface area (Å²) in [7, 11) is 0. The first kappa shape index (κ1) is 16.8. The second-order valence-corrected chi connectivity index (χ2v) is 6.31. The monoisotopic (exact) mass is 310 g/mol. The second kappa shape index (κ2) is 7.61. The van der Waals surface area contributed by atoms with E-state index in [4.69, 9.17) is 0 Å². The quantitative estimate of drug-likeness (QED) is 0.853. The average Bonchev–Trinajstić information content (AvgIpc) is 2.54. The van der Waals surface area contributed by atoms with Crippen LogP contribution < -0.4 is 0 Å². The number of hydrogen-bond acceptors (Lipinski definition) is 3. The lowest BCUT2D eigenvalue weighted by atomic mass is 9.93. The summed E-state index contributed by atoms with van der Waals surface area (Å²) in [5.41, 5.74) is 0. The number of likely N-dealkylation sites (tertiary alicyclic amines) is 2. The molecule has 6 heteroatoms.